The van der Waals surface area contributed by atoms with Crippen LogP contribution < -0.4 is 10.6 Å². The van der Waals surface area contributed by atoms with Crippen LogP contribution in [0.3, 0.4) is 0 Å². The van der Waals surface area contributed by atoms with Crippen LogP contribution in [0.25, 0.3) is 0 Å². The van der Waals surface area contributed by atoms with Gasteiger partial charge < -0.3 is 10.6 Å². The molecule has 1 heterocycles. The molecule has 1 aromatic heterocycles. The average molecular weight is 232 g/mol. The van der Waals surface area contributed by atoms with E-state index in [1.165, 1.54) is 4.90 Å². The van der Waals surface area contributed by atoms with Crippen LogP contribution in [0, 0.1) is 6.92 Å². The summed E-state index contributed by atoms with van der Waals surface area (Å²) < 4.78 is 4.41. The molecule has 1 amide bonds. The fraction of sp³-hybridized carbons (Fsp3) is 0.182. The standard InChI is InChI=1S/C11H12N4O2/c1-7-5-3-4-6-8(7)15(2)11(16)9-10(12)14-17-13-9/h3-6H,1-2H3,(H2,12,14). The Bertz CT molecular complexity index is 550. The number of hydrogen-bond acceptors (Lipinski definition) is 5. The lowest BCUT2D eigenvalue weighted by atomic mass is 10.2. The Labute approximate surface area is 98.0 Å². The van der Waals surface area contributed by atoms with Gasteiger partial charge in [0.25, 0.3) is 5.91 Å². The van der Waals surface area contributed by atoms with Crippen LogP contribution in [0.4, 0.5) is 11.5 Å². The summed E-state index contributed by atoms with van der Waals surface area (Å²) in [5.41, 5.74) is 7.28. The van der Waals surface area contributed by atoms with Crippen LogP contribution in [-0.2, 0) is 0 Å². The average Bonchev–Trinajstić information content (AvgIpc) is 2.74. The Kier molecular flexibility index (Phi) is 2.78. The molecule has 0 aliphatic rings. The zero-order valence-corrected chi connectivity index (χ0v) is 9.54. The third-order valence-electron chi connectivity index (χ3n) is 2.50. The number of hydrogen-bond donors (Lipinski definition) is 1. The molecule has 6 heteroatoms. The van der Waals surface area contributed by atoms with Crippen molar-refractivity contribution in [3.8, 4) is 0 Å². The van der Waals surface area contributed by atoms with Crippen LogP contribution >= 0.6 is 0 Å². The summed E-state index contributed by atoms with van der Waals surface area (Å²) in [6.45, 7) is 1.92. The van der Waals surface area contributed by atoms with Crippen LogP contribution in [0.15, 0.2) is 28.9 Å². The first-order valence-corrected chi connectivity index (χ1v) is 5.03. The van der Waals surface area contributed by atoms with Gasteiger partial charge in [0.1, 0.15) is 0 Å². The molecule has 2 rings (SSSR count). The molecule has 2 aromatic rings. The van der Waals surface area contributed by atoms with Gasteiger partial charge in [0, 0.05) is 12.7 Å². The molecule has 6 nitrogen and oxygen atoms in total. The van der Waals surface area contributed by atoms with Crippen LogP contribution in [0.1, 0.15) is 16.1 Å². The molecule has 0 saturated heterocycles. The lowest BCUT2D eigenvalue weighted by Crippen LogP contribution is -2.27. The highest BCUT2D eigenvalue weighted by molar-refractivity contribution is 6.07. The third kappa shape index (κ3) is 1.96. The normalized spacial score (nSPS) is 10.2. The van der Waals surface area contributed by atoms with Gasteiger partial charge in [-0.2, -0.15) is 0 Å². The molecular formula is C11H12N4O2. The number of anilines is 2. The van der Waals surface area contributed by atoms with Gasteiger partial charge in [0.05, 0.1) is 0 Å². The molecular weight excluding hydrogens is 220 g/mol. The maximum absolute atomic E-state index is 12.1. The largest absolute Gasteiger partial charge is 0.379 e. The maximum Gasteiger partial charge on any atom is 0.284 e. The predicted molar refractivity (Wildman–Crippen MR) is 62.6 cm³/mol. The van der Waals surface area contributed by atoms with E-state index < -0.39 is 0 Å². The molecule has 0 spiro atoms. The van der Waals surface area contributed by atoms with E-state index in [2.05, 4.69) is 14.9 Å². The summed E-state index contributed by atoms with van der Waals surface area (Å²) in [7, 11) is 1.65. The van der Waals surface area contributed by atoms with Crippen LogP contribution in [-0.4, -0.2) is 23.3 Å². The molecule has 0 unspecified atom stereocenters. The van der Waals surface area contributed by atoms with Gasteiger partial charge in [0.15, 0.2) is 0 Å². The fourth-order valence-corrected chi connectivity index (χ4v) is 1.55. The number of aryl methyl sites for hydroxylation is 1. The van der Waals surface area contributed by atoms with E-state index in [1.807, 2.05) is 31.2 Å². The highest BCUT2D eigenvalue weighted by atomic mass is 16.6. The molecule has 0 fully saturated rings. The number of nitrogens with two attached hydrogens (primary N) is 1. The Hall–Kier alpha value is -2.37. The number of nitrogens with zero attached hydrogens (tertiary/aromatic N) is 3. The first kappa shape index (κ1) is 11.1. The second-order valence-electron chi connectivity index (χ2n) is 3.65. The van der Waals surface area contributed by atoms with Crippen molar-refractivity contribution in [3.63, 3.8) is 0 Å². The minimum absolute atomic E-state index is 0.00423. The highest BCUT2D eigenvalue weighted by Gasteiger charge is 2.21. The monoisotopic (exact) mass is 232 g/mol. The number of aromatic nitrogens is 2. The predicted octanol–water partition coefficient (Wildman–Crippen LogP) is 1.24. The molecule has 0 aliphatic heterocycles. The highest BCUT2D eigenvalue weighted by Crippen LogP contribution is 2.20. The first-order valence-electron chi connectivity index (χ1n) is 5.03. The topological polar surface area (TPSA) is 85.2 Å². The van der Waals surface area contributed by atoms with Crippen molar-refractivity contribution in [2.24, 2.45) is 0 Å². The number of carbonyl (C=O) groups excluding carboxylic acids is 1. The molecule has 0 atom stereocenters. The number of carbonyl (C=O) groups is 1. The summed E-state index contributed by atoms with van der Waals surface area (Å²) in [5.74, 6) is -0.353. The van der Waals surface area contributed by atoms with Crippen molar-refractivity contribution >= 4 is 17.4 Å². The van der Waals surface area contributed by atoms with E-state index in [0.717, 1.165) is 11.3 Å². The minimum atomic E-state index is -0.349. The SMILES string of the molecule is Cc1ccccc1N(C)C(=O)c1nonc1N. The Morgan fingerprint density at radius 1 is 1.35 bits per heavy atom. The van der Waals surface area contributed by atoms with Gasteiger partial charge >= 0.3 is 0 Å². The van der Waals surface area contributed by atoms with Crippen molar-refractivity contribution in [1.82, 2.24) is 10.3 Å². The van der Waals surface area contributed by atoms with Gasteiger partial charge in [-0.25, -0.2) is 4.63 Å². The van der Waals surface area contributed by atoms with Crippen molar-refractivity contribution in [3.05, 3.63) is 35.5 Å². The van der Waals surface area contributed by atoms with Gasteiger partial charge in [0.2, 0.25) is 11.5 Å². The summed E-state index contributed by atoms with van der Waals surface area (Å²) in [6, 6.07) is 7.53. The van der Waals surface area contributed by atoms with Crippen LogP contribution in [0.2, 0.25) is 0 Å². The molecule has 0 radical (unpaired) electrons. The van der Waals surface area contributed by atoms with Crippen molar-refractivity contribution in [2.45, 2.75) is 6.92 Å². The van der Waals surface area contributed by atoms with E-state index in [4.69, 9.17) is 5.73 Å². The Morgan fingerprint density at radius 2 is 2.06 bits per heavy atom. The Morgan fingerprint density at radius 3 is 2.65 bits per heavy atom. The number of para-hydroxylation sites is 1. The first-order chi connectivity index (χ1) is 8.11. The van der Waals surface area contributed by atoms with E-state index in [0.29, 0.717) is 0 Å². The molecule has 2 N–H and O–H groups in total. The Balaban J connectivity index is 2.33. The maximum atomic E-state index is 12.1. The van der Waals surface area contributed by atoms with E-state index in [9.17, 15) is 4.79 Å². The van der Waals surface area contributed by atoms with Crippen molar-refractivity contribution < 1.29 is 9.42 Å². The fourth-order valence-electron chi connectivity index (χ4n) is 1.55. The lowest BCUT2D eigenvalue weighted by Gasteiger charge is -2.17. The van der Waals surface area contributed by atoms with Gasteiger partial charge in [-0.05, 0) is 28.9 Å². The smallest absolute Gasteiger partial charge is 0.284 e. The second kappa shape index (κ2) is 4.25. The van der Waals surface area contributed by atoms with Crippen molar-refractivity contribution in [2.75, 3.05) is 17.7 Å². The molecule has 0 aliphatic carbocycles. The quantitative estimate of drug-likeness (QED) is 0.841. The number of amides is 1. The lowest BCUT2D eigenvalue weighted by molar-refractivity contribution is 0.0984. The minimum Gasteiger partial charge on any atom is -0.379 e. The van der Waals surface area contributed by atoms with Crippen molar-refractivity contribution in [1.29, 1.82) is 0 Å². The second-order valence-corrected chi connectivity index (χ2v) is 3.65. The molecule has 0 saturated carbocycles. The van der Waals surface area contributed by atoms with Gasteiger partial charge in [-0.1, -0.05) is 18.2 Å². The van der Waals surface area contributed by atoms with E-state index in [-0.39, 0.29) is 17.4 Å². The molecule has 88 valence electrons. The zero-order valence-electron chi connectivity index (χ0n) is 9.54. The van der Waals surface area contributed by atoms with Gasteiger partial charge in [-0.15, -0.1) is 0 Å². The third-order valence-corrected chi connectivity index (χ3v) is 2.50. The summed E-state index contributed by atoms with van der Waals surface area (Å²) >= 11 is 0. The zero-order chi connectivity index (χ0) is 12.4. The molecule has 0 bridgehead atoms. The van der Waals surface area contributed by atoms with Crippen LogP contribution in [0.5, 0.6) is 0 Å². The summed E-state index contributed by atoms with van der Waals surface area (Å²) in [4.78, 5) is 13.5. The van der Waals surface area contributed by atoms with Gasteiger partial charge in [-0.3, -0.25) is 4.79 Å². The number of rotatable bonds is 2. The number of benzene rings is 1. The summed E-state index contributed by atoms with van der Waals surface area (Å²) in [6.07, 6.45) is 0. The van der Waals surface area contributed by atoms with E-state index in [1.54, 1.807) is 7.05 Å². The van der Waals surface area contributed by atoms with E-state index >= 15 is 0 Å². The number of nitrogen functional groups attached to an aromatic ring is 1. The molecule has 1 aromatic carbocycles. The molecule has 17 heavy (non-hydrogen) atoms. The summed E-state index contributed by atoms with van der Waals surface area (Å²) in [5, 5.41) is 6.87.